The third kappa shape index (κ3) is 5.06. The highest BCUT2D eigenvalue weighted by atomic mass is 16.6. The van der Waals surface area contributed by atoms with E-state index in [4.69, 9.17) is 0 Å². The molecule has 0 bridgehead atoms. The highest BCUT2D eigenvalue weighted by Crippen LogP contribution is 2.24. The first kappa shape index (κ1) is 16.9. The lowest BCUT2D eigenvalue weighted by molar-refractivity contribution is -0.384. The Morgan fingerprint density at radius 2 is 2.00 bits per heavy atom. The Balaban J connectivity index is 2.80. The van der Waals surface area contributed by atoms with Crippen LogP contribution in [0.5, 0.6) is 0 Å². The van der Waals surface area contributed by atoms with Gasteiger partial charge in [-0.2, -0.15) is 0 Å². The summed E-state index contributed by atoms with van der Waals surface area (Å²) in [6.45, 7) is 2.72. The Labute approximate surface area is 125 Å². The SMILES string of the molecule is CCCCCCNC(=O)c1cc([N+](=O)[O-])ccc1N(C)C. The molecule has 116 valence electrons. The molecule has 0 atom stereocenters. The maximum absolute atomic E-state index is 12.2. The maximum Gasteiger partial charge on any atom is 0.270 e. The van der Waals surface area contributed by atoms with Crippen LogP contribution in [-0.4, -0.2) is 31.5 Å². The second kappa shape index (κ2) is 8.24. The number of nitrogens with one attached hydrogen (secondary N) is 1. The van der Waals surface area contributed by atoms with E-state index in [1.165, 1.54) is 12.1 Å². The van der Waals surface area contributed by atoms with Crippen molar-refractivity contribution in [3.63, 3.8) is 0 Å². The summed E-state index contributed by atoms with van der Waals surface area (Å²) in [6, 6.07) is 4.34. The van der Waals surface area contributed by atoms with E-state index < -0.39 is 4.92 Å². The Morgan fingerprint density at radius 3 is 2.57 bits per heavy atom. The second-order valence-electron chi connectivity index (χ2n) is 5.17. The number of nitro groups is 1. The van der Waals surface area contributed by atoms with Gasteiger partial charge in [0.1, 0.15) is 0 Å². The Kier molecular flexibility index (Phi) is 6.65. The third-order valence-electron chi connectivity index (χ3n) is 3.23. The van der Waals surface area contributed by atoms with Gasteiger partial charge in [-0.25, -0.2) is 0 Å². The van der Waals surface area contributed by atoms with Crippen LogP contribution >= 0.6 is 0 Å². The van der Waals surface area contributed by atoms with Gasteiger partial charge in [0.15, 0.2) is 0 Å². The summed E-state index contributed by atoms with van der Waals surface area (Å²) in [4.78, 5) is 24.4. The molecule has 21 heavy (non-hydrogen) atoms. The van der Waals surface area contributed by atoms with Gasteiger partial charge in [0.2, 0.25) is 0 Å². The monoisotopic (exact) mass is 293 g/mol. The molecule has 0 saturated carbocycles. The fourth-order valence-electron chi connectivity index (χ4n) is 2.06. The number of hydrogen-bond donors (Lipinski definition) is 1. The molecule has 1 aromatic rings. The topological polar surface area (TPSA) is 75.5 Å². The van der Waals surface area contributed by atoms with Crippen LogP contribution in [0.15, 0.2) is 18.2 Å². The van der Waals surface area contributed by atoms with Gasteiger partial charge in [-0.15, -0.1) is 0 Å². The summed E-state index contributed by atoms with van der Waals surface area (Å²) in [5.74, 6) is -0.265. The minimum absolute atomic E-state index is 0.0725. The number of unbranched alkanes of at least 4 members (excludes halogenated alkanes) is 3. The van der Waals surface area contributed by atoms with Gasteiger partial charge in [-0.3, -0.25) is 14.9 Å². The standard InChI is InChI=1S/C15H23N3O3/c1-4-5-6-7-10-16-15(19)13-11-12(18(20)21)8-9-14(13)17(2)3/h8-9,11H,4-7,10H2,1-3H3,(H,16,19). The predicted octanol–water partition coefficient (Wildman–Crippen LogP) is 2.97. The lowest BCUT2D eigenvalue weighted by atomic mass is 10.1. The van der Waals surface area contributed by atoms with Crippen molar-refractivity contribution in [2.24, 2.45) is 0 Å². The van der Waals surface area contributed by atoms with E-state index in [1.54, 1.807) is 25.1 Å². The van der Waals surface area contributed by atoms with Crippen LogP contribution in [-0.2, 0) is 0 Å². The minimum Gasteiger partial charge on any atom is -0.377 e. The predicted molar refractivity (Wildman–Crippen MR) is 83.9 cm³/mol. The molecule has 0 aromatic heterocycles. The van der Waals surface area contributed by atoms with Gasteiger partial charge in [-0.1, -0.05) is 26.2 Å². The highest BCUT2D eigenvalue weighted by Gasteiger charge is 2.17. The molecule has 0 radical (unpaired) electrons. The van der Waals surface area contributed by atoms with Crippen molar-refractivity contribution in [3.8, 4) is 0 Å². The van der Waals surface area contributed by atoms with Gasteiger partial charge >= 0.3 is 0 Å². The largest absolute Gasteiger partial charge is 0.377 e. The Morgan fingerprint density at radius 1 is 1.29 bits per heavy atom. The molecule has 0 heterocycles. The van der Waals surface area contributed by atoms with Crippen molar-refractivity contribution in [1.29, 1.82) is 0 Å². The Bertz CT molecular complexity index is 501. The van der Waals surface area contributed by atoms with Crippen LogP contribution in [0.2, 0.25) is 0 Å². The quantitative estimate of drug-likeness (QED) is 0.454. The molecule has 1 amide bonds. The zero-order valence-electron chi connectivity index (χ0n) is 12.9. The van der Waals surface area contributed by atoms with Crippen molar-refractivity contribution < 1.29 is 9.72 Å². The van der Waals surface area contributed by atoms with Gasteiger partial charge in [0.25, 0.3) is 11.6 Å². The van der Waals surface area contributed by atoms with E-state index in [0.717, 1.165) is 25.7 Å². The summed E-state index contributed by atoms with van der Waals surface area (Å²) in [6.07, 6.45) is 4.29. The average molecular weight is 293 g/mol. The number of nitrogens with zero attached hydrogens (tertiary/aromatic N) is 2. The molecule has 1 aromatic carbocycles. The number of nitro benzene ring substituents is 1. The molecule has 0 unspecified atom stereocenters. The fourth-order valence-corrected chi connectivity index (χ4v) is 2.06. The summed E-state index contributed by atoms with van der Waals surface area (Å²) in [5.41, 5.74) is 0.938. The first-order chi connectivity index (χ1) is 9.97. The lowest BCUT2D eigenvalue weighted by Crippen LogP contribution is -2.26. The summed E-state index contributed by atoms with van der Waals surface area (Å²) in [5, 5.41) is 13.7. The number of amides is 1. The van der Waals surface area contributed by atoms with Gasteiger partial charge in [0.05, 0.1) is 10.5 Å². The molecule has 0 fully saturated rings. The molecular weight excluding hydrogens is 270 g/mol. The average Bonchev–Trinajstić information content (AvgIpc) is 2.46. The highest BCUT2D eigenvalue weighted by molar-refractivity contribution is 6.00. The van der Waals surface area contributed by atoms with Crippen molar-refractivity contribution in [2.45, 2.75) is 32.6 Å². The van der Waals surface area contributed by atoms with Gasteiger partial charge < -0.3 is 10.2 Å². The van der Waals surface area contributed by atoms with E-state index in [1.807, 2.05) is 0 Å². The number of anilines is 1. The van der Waals surface area contributed by atoms with Crippen molar-refractivity contribution in [1.82, 2.24) is 5.32 Å². The van der Waals surface area contributed by atoms with Crippen LogP contribution < -0.4 is 10.2 Å². The summed E-state index contributed by atoms with van der Waals surface area (Å²) >= 11 is 0. The molecule has 1 rings (SSSR count). The zero-order chi connectivity index (χ0) is 15.8. The number of rotatable bonds is 8. The molecule has 0 aliphatic carbocycles. The van der Waals surface area contributed by atoms with E-state index >= 15 is 0 Å². The molecule has 6 heteroatoms. The van der Waals surface area contributed by atoms with E-state index in [-0.39, 0.29) is 11.6 Å². The second-order valence-corrected chi connectivity index (χ2v) is 5.17. The first-order valence-electron chi connectivity index (χ1n) is 7.21. The molecule has 1 N–H and O–H groups in total. The van der Waals surface area contributed by atoms with Crippen LogP contribution in [0.1, 0.15) is 43.0 Å². The smallest absolute Gasteiger partial charge is 0.270 e. The van der Waals surface area contributed by atoms with Crippen molar-refractivity contribution in [3.05, 3.63) is 33.9 Å². The van der Waals surface area contributed by atoms with Gasteiger partial charge in [-0.05, 0) is 12.5 Å². The van der Waals surface area contributed by atoms with E-state index in [9.17, 15) is 14.9 Å². The minimum atomic E-state index is -0.489. The third-order valence-corrected chi connectivity index (χ3v) is 3.23. The summed E-state index contributed by atoms with van der Waals surface area (Å²) in [7, 11) is 3.61. The molecule has 0 spiro atoms. The molecule has 6 nitrogen and oxygen atoms in total. The number of carbonyl (C=O) groups excluding carboxylic acids is 1. The van der Waals surface area contributed by atoms with Crippen LogP contribution in [0.4, 0.5) is 11.4 Å². The fraction of sp³-hybridized carbons (Fsp3) is 0.533. The van der Waals surface area contributed by atoms with Crippen LogP contribution in [0, 0.1) is 10.1 Å². The number of carbonyl (C=O) groups is 1. The molecule has 0 aliphatic heterocycles. The van der Waals surface area contributed by atoms with Crippen LogP contribution in [0.3, 0.4) is 0 Å². The van der Waals surface area contributed by atoms with Crippen molar-refractivity contribution in [2.75, 3.05) is 25.5 Å². The van der Waals surface area contributed by atoms with Gasteiger partial charge in [0, 0.05) is 38.5 Å². The van der Waals surface area contributed by atoms with E-state index in [2.05, 4.69) is 12.2 Å². The first-order valence-corrected chi connectivity index (χ1v) is 7.21. The Hall–Kier alpha value is -2.11. The van der Waals surface area contributed by atoms with E-state index in [0.29, 0.717) is 17.8 Å². The zero-order valence-corrected chi connectivity index (χ0v) is 12.9. The van der Waals surface area contributed by atoms with Crippen molar-refractivity contribution >= 4 is 17.3 Å². The number of benzene rings is 1. The normalized spacial score (nSPS) is 10.2. The lowest BCUT2D eigenvalue weighted by Gasteiger charge is -2.17. The summed E-state index contributed by atoms with van der Waals surface area (Å²) < 4.78 is 0. The maximum atomic E-state index is 12.2. The molecular formula is C15H23N3O3. The number of non-ortho nitro benzene ring substituents is 1. The number of hydrogen-bond acceptors (Lipinski definition) is 4. The molecule has 0 saturated heterocycles. The molecule has 0 aliphatic rings. The van der Waals surface area contributed by atoms with Crippen LogP contribution in [0.25, 0.3) is 0 Å².